The molecule has 0 aliphatic carbocycles. The largest absolute Gasteiger partial charge is 0.490 e. The predicted octanol–water partition coefficient (Wildman–Crippen LogP) is 6.85. The predicted molar refractivity (Wildman–Crippen MR) is 173 cm³/mol. The summed E-state index contributed by atoms with van der Waals surface area (Å²) in [6, 6.07) is 17.4. The van der Waals surface area contributed by atoms with Gasteiger partial charge in [0.2, 0.25) is 0 Å². The summed E-state index contributed by atoms with van der Waals surface area (Å²) in [5.41, 5.74) is 2.92. The molecule has 4 aromatic rings. The van der Waals surface area contributed by atoms with Gasteiger partial charge < -0.3 is 14.2 Å². The van der Waals surface area contributed by atoms with E-state index >= 15 is 0 Å². The van der Waals surface area contributed by atoms with Crippen molar-refractivity contribution in [2.75, 3.05) is 13.2 Å². The average molecular weight is 702 g/mol. The van der Waals surface area contributed by atoms with Crippen LogP contribution < -0.4 is 24.4 Å². The number of rotatable bonds is 9. The second kappa shape index (κ2) is 13.5. The Morgan fingerprint density at radius 2 is 1.65 bits per heavy atom. The van der Waals surface area contributed by atoms with Crippen molar-refractivity contribution in [2.24, 2.45) is 4.99 Å². The Balaban J connectivity index is 1.58. The van der Waals surface area contributed by atoms with E-state index in [-0.39, 0.29) is 12.2 Å². The molecule has 222 valence electrons. The second-order valence-electron chi connectivity index (χ2n) is 9.52. The van der Waals surface area contributed by atoms with Crippen LogP contribution in [0.3, 0.4) is 0 Å². The van der Waals surface area contributed by atoms with E-state index in [0.29, 0.717) is 59.8 Å². The normalized spacial score (nSPS) is 14.7. The fraction of sp³-hybridized carbons (Fsp3) is 0.219. The van der Waals surface area contributed by atoms with Gasteiger partial charge in [-0.05, 0) is 79.9 Å². The van der Waals surface area contributed by atoms with E-state index in [0.717, 1.165) is 16.7 Å². The minimum atomic E-state index is -0.721. The lowest BCUT2D eigenvalue weighted by molar-refractivity contribution is -0.139. The summed E-state index contributed by atoms with van der Waals surface area (Å²) in [5, 5.41) is 1.20. The number of carbonyl (C=O) groups excluding carboxylic acids is 1. The highest BCUT2D eigenvalue weighted by Gasteiger charge is 2.33. The number of nitrogens with zero attached hydrogens (tertiary/aromatic N) is 2. The Morgan fingerprint density at radius 3 is 2.30 bits per heavy atom. The summed E-state index contributed by atoms with van der Waals surface area (Å²) in [7, 11) is 0. The van der Waals surface area contributed by atoms with Crippen molar-refractivity contribution in [3.8, 4) is 11.5 Å². The summed E-state index contributed by atoms with van der Waals surface area (Å²) in [6.45, 7) is 6.33. The molecule has 1 aliphatic rings. The molecule has 1 atom stereocenters. The third kappa shape index (κ3) is 6.75. The molecule has 7 nitrogen and oxygen atoms in total. The Bertz CT molecular complexity index is 1880. The number of esters is 1. The van der Waals surface area contributed by atoms with Crippen LogP contribution in [0.5, 0.6) is 11.5 Å². The standard InChI is InChI=1S/C32H27BrCl2N2O5S/c1-4-40-25-14-21(24(33)16-26(25)42-17-19-6-10-22(34)11-7-19)15-27-30(38)37-29(20-8-12-23(35)13-9-20)28(31(39)41-5-2)18(3)36-32(37)43-27/h6-16,29H,4-5,17H2,1-3H3/b27-15-/t29-/m1/s1. The van der Waals surface area contributed by atoms with Crippen molar-refractivity contribution in [1.29, 1.82) is 0 Å². The lowest BCUT2D eigenvalue weighted by Gasteiger charge is -2.24. The first-order valence-corrected chi connectivity index (χ1v) is 15.8. The van der Waals surface area contributed by atoms with Crippen LogP contribution in [0.25, 0.3) is 6.08 Å². The van der Waals surface area contributed by atoms with E-state index in [1.54, 1.807) is 48.8 Å². The van der Waals surface area contributed by atoms with Gasteiger partial charge in [-0.1, -0.05) is 74.7 Å². The summed E-state index contributed by atoms with van der Waals surface area (Å²) < 4.78 is 20.0. The number of hydrogen-bond donors (Lipinski definition) is 0. The molecule has 0 amide bonds. The molecule has 0 spiro atoms. The zero-order valence-electron chi connectivity index (χ0n) is 23.5. The first-order valence-electron chi connectivity index (χ1n) is 13.5. The highest BCUT2D eigenvalue weighted by atomic mass is 79.9. The lowest BCUT2D eigenvalue weighted by atomic mass is 9.96. The fourth-order valence-corrected chi connectivity index (χ4v) is 6.40. The van der Waals surface area contributed by atoms with Crippen molar-refractivity contribution in [2.45, 2.75) is 33.4 Å². The van der Waals surface area contributed by atoms with Crippen LogP contribution in [0.4, 0.5) is 0 Å². The Hall–Kier alpha value is -3.37. The number of aromatic nitrogens is 1. The summed E-state index contributed by atoms with van der Waals surface area (Å²) >= 11 is 17.0. The molecule has 0 unspecified atom stereocenters. The minimum absolute atomic E-state index is 0.197. The first kappa shape index (κ1) is 31.1. The highest BCUT2D eigenvalue weighted by molar-refractivity contribution is 9.10. The van der Waals surface area contributed by atoms with Gasteiger partial charge in [-0.25, -0.2) is 9.79 Å². The quantitative estimate of drug-likeness (QED) is 0.179. The number of fused-ring (bicyclic) bond motifs is 1. The van der Waals surface area contributed by atoms with Crippen LogP contribution in [-0.2, 0) is 16.1 Å². The average Bonchev–Trinajstić information content (AvgIpc) is 3.28. The third-order valence-electron chi connectivity index (χ3n) is 6.66. The smallest absolute Gasteiger partial charge is 0.338 e. The maximum Gasteiger partial charge on any atom is 0.338 e. The Morgan fingerprint density at radius 1 is 1.00 bits per heavy atom. The third-order valence-corrected chi connectivity index (χ3v) is 8.83. The summed E-state index contributed by atoms with van der Waals surface area (Å²) in [4.78, 5) is 32.2. The second-order valence-corrected chi connectivity index (χ2v) is 12.3. The SMILES string of the molecule is CCOC(=O)C1=C(C)N=c2s/c(=C\c3cc(OCC)c(OCc4ccc(Cl)cc4)cc3Br)c(=O)n2[C@@H]1c1ccc(Cl)cc1. The van der Waals surface area contributed by atoms with Crippen LogP contribution in [0.2, 0.25) is 10.0 Å². The molecule has 2 heterocycles. The van der Waals surface area contributed by atoms with Crippen LogP contribution in [-0.4, -0.2) is 23.8 Å². The van der Waals surface area contributed by atoms with E-state index in [9.17, 15) is 9.59 Å². The molecule has 0 N–H and O–H groups in total. The topological polar surface area (TPSA) is 79.1 Å². The number of thiazole rings is 1. The number of hydrogen-bond acceptors (Lipinski definition) is 7. The zero-order chi connectivity index (χ0) is 30.7. The van der Waals surface area contributed by atoms with E-state index in [4.69, 9.17) is 37.4 Å². The molecule has 1 aromatic heterocycles. The van der Waals surface area contributed by atoms with Gasteiger partial charge >= 0.3 is 5.97 Å². The van der Waals surface area contributed by atoms with E-state index < -0.39 is 12.0 Å². The van der Waals surface area contributed by atoms with Gasteiger partial charge in [0.25, 0.3) is 5.56 Å². The molecule has 11 heteroatoms. The molecule has 0 fully saturated rings. The fourth-order valence-electron chi connectivity index (χ4n) is 4.68. The summed E-state index contributed by atoms with van der Waals surface area (Å²) in [6.07, 6.45) is 1.78. The zero-order valence-corrected chi connectivity index (χ0v) is 27.4. The van der Waals surface area contributed by atoms with Gasteiger partial charge in [0.15, 0.2) is 16.3 Å². The number of carbonyl (C=O) groups is 1. The monoisotopic (exact) mass is 700 g/mol. The van der Waals surface area contributed by atoms with Gasteiger partial charge in [0, 0.05) is 14.5 Å². The molecule has 1 aliphatic heterocycles. The molecular formula is C32H27BrCl2N2O5S. The molecule has 0 saturated carbocycles. The van der Waals surface area contributed by atoms with E-state index in [1.165, 1.54) is 11.3 Å². The highest BCUT2D eigenvalue weighted by Crippen LogP contribution is 2.35. The minimum Gasteiger partial charge on any atom is -0.490 e. The number of halogens is 3. The maximum absolute atomic E-state index is 14.0. The lowest BCUT2D eigenvalue weighted by Crippen LogP contribution is -2.39. The molecule has 0 bridgehead atoms. The van der Waals surface area contributed by atoms with Gasteiger partial charge in [0.05, 0.1) is 35.1 Å². The van der Waals surface area contributed by atoms with Crippen molar-refractivity contribution < 1.29 is 19.0 Å². The Labute approximate surface area is 270 Å². The molecule has 0 saturated heterocycles. The van der Waals surface area contributed by atoms with Crippen LogP contribution in [0.15, 0.2) is 86.2 Å². The molecule has 43 heavy (non-hydrogen) atoms. The Kier molecular flexibility index (Phi) is 9.76. The van der Waals surface area contributed by atoms with Crippen LogP contribution >= 0.6 is 50.5 Å². The van der Waals surface area contributed by atoms with Crippen LogP contribution in [0, 0.1) is 0 Å². The van der Waals surface area contributed by atoms with E-state index in [1.807, 2.05) is 43.3 Å². The van der Waals surface area contributed by atoms with E-state index in [2.05, 4.69) is 20.9 Å². The molecule has 3 aromatic carbocycles. The molecule has 5 rings (SSSR count). The molecule has 0 radical (unpaired) electrons. The number of allylic oxidation sites excluding steroid dienone is 1. The number of ether oxygens (including phenoxy) is 3. The van der Waals surface area contributed by atoms with Gasteiger partial charge in [-0.15, -0.1) is 0 Å². The number of benzene rings is 3. The van der Waals surface area contributed by atoms with Crippen molar-refractivity contribution >= 4 is 62.5 Å². The van der Waals surface area contributed by atoms with Crippen molar-refractivity contribution in [3.63, 3.8) is 0 Å². The molecular weight excluding hydrogens is 675 g/mol. The van der Waals surface area contributed by atoms with Gasteiger partial charge in [-0.3, -0.25) is 9.36 Å². The maximum atomic E-state index is 14.0. The van der Waals surface area contributed by atoms with Gasteiger partial charge in [0.1, 0.15) is 6.61 Å². The summed E-state index contributed by atoms with van der Waals surface area (Å²) in [5.74, 6) is 0.578. The van der Waals surface area contributed by atoms with Crippen molar-refractivity contribution in [3.05, 3.63) is 123 Å². The first-order chi connectivity index (χ1) is 20.7. The van der Waals surface area contributed by atoms with Crippen LogP contribution in [0.1, 0.15) is 43.5 Å². The van der Waals surface area contributed by atoms with Gasteiger partial charge in [-0.2, -0.15) is 0 Å². The van der Waals surface area contributed by atoms with Crippen molar-refractivity contribution in [1.82, 2.24) is 4.57 Å².